The number of methoxy groups -OCH3 is 2. The van der Waals surface area contributed by atoms with Crippen LogP contribution in [0.3, 0.4) is 0 Å². The zero-order valence-electron chi connectivity index (χ0n) is 17.2. The van der Waals surface area contributed by atoms with E-state index >= 15 is 0 Å². The molecule has 29 heavy (non-hydrogen) atoms. The van der Waals surface area contributed by atoms with Crippen LogP contribution in [0.25, 0.3) is 0 Å². The maximum Gasteiger partial charge on any atom is 0.230 e. The number of amides is 1. The Morgan fingerprint density at radius 1 is 1.00 bits per heavy atom. The van der Waals surface area contributed by atoms with Gasteiger partial charge < -0.3 is 19.5 Å². The van der Waals surface area contributed by atoms with Gasteiger partial charge in [0.05, 0.1) is 18.1 Å². The predicted molar refractivity (Wildman–Crippen MR) is 111 cm³/mol. The Labute approximate surface area is 172 Å². The van der Waals surface area contributed by atoms with Crippen molar-refractivity contribution in [1.82, 2.24) is 5.32 Å². The quantitative estimate of drug-likeness (QED) is 0.817. The molecule has 0 atom stereocenters. The van der Waals surface area contributed by atoms with Crippen LogP contribution in [0.5, 0.6) is 5.75 Å². The standard InChI is InChI=1S/C24H29NO4/c1-27-21-9-7-20(8-10-21)24(11-13-29-14-12-24)22(26)25-17-23(28-2)15-18-5-3-4-6-19(18)16-23/h3-10H,11-17H2,1-2H3,(H,25,26). The zero-order chi connectivity index (χ0) is 20.3. The molecule has 1 heterocycles. The van der Waals surface area contributed by atoms with E-state index in [1.807, 2.05) is 24.3 Å². The van der Waals surface area contributed by atoms with Crippen molar-refractivity contribution in [3.63, 3.8) is 0 Å². The van der Waals surface area contributed by atoms with Gasteiger partial charge in [-0.25, -0.2) is 0 Å². The van der Waals surface area contributed by atoms with Gasteiger partial charge in [-0.1, -0.05) is 36.4 Å². The highest BCUT2D eigenvalue weighted by Gasteiger charge is 2.44. The van der Waals surface area contributed by atoms with E-state index in [-0.39, 0.29) is 11.5 Å². The first-order chi connectivity index (χ1) is 14.1. The summed E-state index contributed by atoms with van der Waals surface area (Å²) in [5.74, 6) is 0.844. The number of nitrogens with one attached hydrogen (secondary N) is 1. The second-order valence-corrected chi connectivity index (χ2v) is 8.12. The van der Waals surface area contributed by atoms with E-state index in [0.29, 0.717) is 32.6 Å². The maximum atomic E-state index is 13.5. The SMILES string of the molecule is COc1ccc(C2(C(=O)NCC3(OC)Cc4ccccc4C3)CCOCC2)cc1. The summed E-state index contributed by atoms with van der Waals surface area (Å²) >= 11 is 0. The Balaban J connectivity index is 1.53. The van der Waals surface area contributed by atoms with Gasteiger partial charge in [0.25, 0.3) is 0 Å². The van der Waals surface area contributed by atoms with Gasteiger partial charge in [0, 0.05) is 39.7 Å². The lowest BCUT2D eigenvalue weighted by Gasteiger charge is -2.37. The number of ether oxygens (including phenoxy) is 3. The Morgan fingerprint density at radius 3 is 2.17 bits per heavy atom. The fraction of sp³-hybridized carbons (Fsp3) is 0.458. The van der Waals surface area contributed by atoms with E-state index < -0.39 is 5.41 Å². The van der Waals surface area contributed by atoms with Gasteiger partial charge >= 0.3 is 0 Å². The summed E-state index contributed by atoms with van der Waals surface area (Å²) in [6.45, 7) is 1.66. The summed E-state index contributed by atoms with van der Waals surface area (Å²) in [5, 5.41) is 3.24. The molecular formula is C24H29NO4. The lowest BCUT2D eigenvalue weighted by Crippen LogP contribution is -2.53. The van der Waals surface area contributed by atoms with Gasteiger partial charge in [-0.05, 0) is 41.7 Å². The fourth-order valence-corrected chi connectivity index (χ4v) is 4.69. The van der Waals surface area contributed by atoms with Crippen molar-refractivity contribution in [1.29, 1.82) is 0 Å². The van der Waals surface area contributed by atoms with Crippen LogP contribution in [0.2, 0.25) is 0 Å². The molecule has 0 spiro atoms. The van der Waals surface area contributed by atoms with Crippen molar-refractivity contribution in [3.8, 4) is 5.75 Å². The highest BCUT2D eigenvalue weighted by Crippen LogP contribution is 2.37. The minimum Gasteiger partial charge on any atom is -0.497 e. The molecule has 0 bridgehead atoms. The van der Waals surface area contributed by atoms with Crippen LogP contribution in [0.1, 0.15) is 29.5 Å². The van der Waals surface area contributed by atoms with Gasteiger partial charge in [-0.15, -0.1) is 0 Å². The van der Waals surface area contributed by atoms with Crippen molar-refractivity contribution >= 4 is 5.91 Å². The molecule has 0 unspecified atom stereocenters. The molecule has 1 aliphatic carbocycles. The van der Waals surface area contributed by atoms with Crippen LogP contribution in [-0.4, -0.2) is 45.5 Å². The molecule has 5 nitrogen and oxygen atoms in total. The molecule has 154 valence electrons. The molecule has 1 fully saturated rings. The number of benzene rings is 2. The molecular weight excluding hydrogens is 366 g/mol. The van der Waals surface area contributed by atoms with Gasteiger partial charge in [-0.2, -0.15) is 0 Å². The third-order valence-electron chi connectivity index (χ3n) is 6.57. The van der Waals surface area contributed by atoms with Gasteiger partial charge in [-0.3, -0.25) is 4.79 Å². The average molecular weight is 395 g/mol. The van der Waals surface area contributed by atoms with E-state index in [2.05, 4.69) is 29.6 Å². The lowest BCUT2D eigenvalue weighted by molar-refractivity contribution is -0.132. The molecule has 2 aromatic carbocycles. The van der Waals surface area contributed by atoms with Crippen LogP contribution < -0.4 is 10.1 Å². The minimum atomic E-state index is -0.578. The molecule has 1 N–H and O–H groups in total. The van der Waals surface area contributed by atoms with E-state index in [1.54, 1.807) is 14.2 Å². The monoisotopic (exact) mass is 395 g/mol. The van der Waals surface area contributed by atoms with Crippen LogP contribution in [0.15, 0.2) is 48.5 Å². The van der Waals surface area contributed by atoms with E-state index in [1.165, 1.54) is 11.1 Å². The first-order valence-corrected chi connectivity index (χ1v) is 10.2. The molecule has 2 aromatic rings. The fourth-order valence-electron chi connectivity index (χ4n) is 4.69. The van der Waals surface area contributed by atoms with Gasteiger partial charge in [0.1, 0.15) is 5.75 Å². The molecule has 4 rings (SSSR count). The Bertz CT molecular complexity index is 830. The number of fused-ring (bicyclic) bond motifs is 1. The first kappa shape index (κ1) is 19.9. The molecule has 0 saturated carbocycles. The van der Waals surface area contributed by atoms with Gasteiger partial charge in [0.2, 0.25) is 5.91 Å². The predicted octanol–water partition coefficient (Wildman–Crippen LogP) is 3.04. The van der Waals surface area contributed by atoms with Crippen molar-refractivity contribution in [2.45, 2.75) is 36.7 Å². The first-order valence-electron chi connectivity index (χ1n) is 10.2. The lowest BCUT2D eigenvalue weighted by atomic mass is 9.73. The number of rotatable bonds is 6. The average Bonchev–Trinajstić information content (AvgIpc) is 3.17. The van der Waals surface area contributed by atoms with Crippen LogP contribution in [0.4, 0.5) is 0 Å². The number of carbonyl (C=O) groups excluding carboxylic acids is 1. The maximum absolute atomic E-state index is 13.5. The summed E-state index contributed by atoms with van der Waals surface area (Å²) in [5.41, 5.74) is 2.66. The Morgan fingerprint density at radius 2 is 1.62 bits per heavy atom. The molecule has 5 heteroatoms. The van der Waals surface area contributed by atoms with Crippen LogP contribution >= 0.6 is 0 Å². The summed E-state index contributed by atoms with van der Waals surface area (Å²) in [6, 6.07) is 16.3. The van der Waals surface area contributed by atoms with E-state index in [9.17, 15) is 4.79 Å². The molecule has 2 aliphatic rings. The Kier molecular flexibility index (Phi) is 5.61. The number of carbonyl (C=O) groups is 1. The highest BCUT2D eigenvalue weighted by molar-refractivity contribution is 5.88. The van der Waals surface area contributed by atoms with E-state index in [0.717, 1.165) is 24.2 Å². The minimum absolute atomic E-state index is 0.0540. The van der Waals surface area contributed by atoms with Crippen LogP contribution in [-0.2, 0) is 32.5 Å². The number of hydrogen-bond donors (Lipinski definition) is 1. The molecule has 1 saturated heterocycles. The molecule has 0 radical (unpaired) electrons. The summed E-state index contributed by atoms with van der Waals surface area (Å²) in [4.78, 5) is 13.5. The second-order valence-electron chi connectivity index (χ2n) is 8.12. The van der Waals surface area contributed by atoms with Crippen LogP contribution in [0, 0.1) is 0 Å². The second kappa shape index (κ2) is 8.17. The smallest absolute Gasteiger partial charge is 0.230 e. The van der Waals surface area contributed by atoms with Crippen molar-refractivity contribution < 1.29 is 19.0 Å². The summed E-state index contributed by atoms with van der Waals surface area (Å²) in [7, 11) is 3.39. The van der Waals surface area contributed by atoms with Crippen molar-refractivity contribution in [3.05, 3.63) is 65.2 Å². The highest BCUT2D eigenvalue weighted by atomic mass is 16.5. The zero-order valence-corrected chi connectivity index (χ0v) is 17.2. The molecule has 1 aliphatic heterocycles. The number of hydrogen-bond acceptors (Lipinski definition) is 4. The van der Waals surface area contributed by atoms with Crippen molar-refractivity contribution in [2.24, 2.45) is 0 Å². The largest absolute Gasteiger partial charge is 0.497 e. The third-order valence-corrected chi connectivity index (χ3v) is 6.57. The Hall–Kier alpha value is -2.37. The third kappa shape index (κ3) is 3.77. The van der Waals surface area contributed by atoms with Crippen molar-refractivity contribution in [2.75, 3.05) is 34.0 Å². The molecule has 1 amide bonds. The summed E-state index contributed by atoms with van der Waals surface area (Å²) in [6.07, 6.45) is 2.98. The molecule has 0 aromatic heterocycles. The topological polar surface area (TPSA) is 56.8 Å². The van der Waals surface area contributed by atoms with E-state index in [4.69, 9.17) is 14.2 Å². The van der Waals surface area contributed by atoms with Gasteiger partial charge in [0.15, 0.2) is 0 Å². The summed E-state index contributed by atoms with van der Waals surface area (Å²) < 4.78 is 16.8. The normalized spacial score (nSPS) is 19.4.